The average Bonchev–Trinajstić information content (AvgIpc) is 1.66. The third-order valence-electron chi connectivity index (χ3n) is 24.8. The van der Waals surface area contributed by atoms with Crippen LogP contribution in [0.25, 0.3) is 32.7 Å². The molecule has 50 heteroatoms. The van der Waals surface area contributed by atoms with Crippen molar-refractivity contribution < 1.29 is 115 Å². The molecule has 0 bridgehead atoms. The van der Waals surface area contributed by atoms with Crippen molar-refractivity contribution >= 4 is 139 Å². The number of aliphatic hydroxyl groups excluding tert-OH is 2. The highest BCUT2D eigenvalue weighted by atomic mass is 19.4. The van der Waals surface area contributed by atoms with E-state index in [9.17, 15) is 81.5 Å². The van der Waals surface area contributed by atoms with Crippen LogP contribution in [0.2, 0.25) is 0 Å². The van der Waals surface area contributed by atoms with Gasteiger partial charge >= 0.3 is 18.1 Å². The van der Waals surface area contributed by atoms with Crippen LogP contribution in [0, 0.1) is 28.6 Å². The summed E-state index contributed by atoms with van der Waals surface area (Å²) in [6, 6.07) is 4.59. The van der Waals surface area contributed by atoms with Gasteiger partial charge in [-0.25, -0.2) is 14.6 Å². The Hall–Kier alpha value is -15.8. The van der Waals surface area contributed by atoms with Crippen LogP contribution in [-0.4, -0.2) is 292 Å². The van der Waals surface area contributed by atoms with Crippen LogP contribution in [0.1, 0.15) is 135 Å². The molecule has 0 radical (unpaired) electrons. The molecule has 14 amide bonds. The molecule has 17 atom stereocenters. The van der Waals surface area contributed by atoms with Gasteiger partial charge in [-0.3, -0.25) is 77.9 Å². The number of carbonyl (C=O) groups is 16. The lowest BCUT2D eigenvalue weighted by Gasteiger charge is -2.30. The van der Waals surface area contributed by atoms with E-state index in [1.54, 1.807) is 108 Å². The fraction of sp³-hybridized carbons (Fsp3) is 0.469. The minimum Gasteiger partial charge on any atom is -0.508 e. The highest BCUT2D eigenvalue weighted by Crippen LogP contribution is 2.26. The number of aliphatic carboxylic acids is 2. The Morgan fingerprint density at radius 2 is 0.836 bits per heavy atom. The molecule has 1 fully saturated rings. The Labute approximate surface area is 836 Å². The smallest absolute Gasteiger partial charge is 0.490 e. The lowest BCUT2D eigenvalue weighted by molar-refractivity contribution is -0.192. The standard InChI is InChI=1S/C94H130N26O19.C2HF3O2/c1-9-49(5)75(95)89(135)118-76(48(3)4)90(136)115-70(39-56-43-105-64-25-16-13-22-61(56)64)84(130)114-71(40-57-44-100-47-106-57)86(132)109-65(26-17-33-101-93(96)97)80(126)113-69(38-55-42-104-63-24-15-12-21-60(55)63)83(129)112-67(36-53-29-31-58(123)32-30-53)82(128)107-51(7)78(124)111-68(37-54-41-103-62-23-14-11-20-59(54)62)85(131)117-73(46-122)91(137)120-35-19-28-74(120)88(134)108-52(8)79(125)116-72(45-121)87(133)110-66(27-18-34-102-94(98)99)81(127)119-77(92(138)139)50(6)10-2;3-2(4,5)1(6)7/h11-16,20-25,29-32,41-44,47-52,65-77,103-105,121-123H,9-10,17-19,26-28,33-40,45-46,95H2,1-8H3,(H,100,106)(H,107,128)(H,108,134)(H,109,132)(H,110,133)(H,111,124)(H,112,129)(H,113,126)(H,114,130)(H,115,136)(H,116,125)(H,117,131)(H,118,135)(H,119,127)(H,138,139)(H4,96,97,101)(H4,98,99,102);(H,6,7)/t49-,50-,51-,52-,65-,66-,67-,68-,69-,70-,71-,72-,73-,74-,75-,76-,77-;/m0./s1. The van der Waals surface area contributed by atoms with Gasteiger partial charge in [-0.1, -0.05) is 121 Å². The number of benzene rings is 4. The molecule has 9 rings (SSSR count). The maximum Gasteiger partial charge on any atom is 0.490 e. The van der Waals surface area contributed by atoms with Gasteiger partial charge in [-0.2, -0.15) is 13.2 Å². The number of alkyl halides is 3. The maximum absolute atomic E-state index is 15.6. The van der Waals surface area contributed by atoms with Gasteiger partial charge in [0.25, 0.3) is 0 Å². The second kappa shape index (κ2) is 55.2. The van der Waals surface area contributed by atoms with E-state index in [2.05, 4.69) is 105 Å². The number of fused-ring (bicyclic) bond motifs is 3. The molecule has 5 heterocycles. The molecular weight excluding hydrogens is 1910 g/mol. The number of phenolic OH excluding ortho intramolecular Hbond substituents is 1. The van der Waals surface area contributed by atoms with Gasteiger partial charge in [-0.05, 0) is 123 Å². The summed E-state index contributed by atoms with van der Waals surface area (Å²) in [6.07, 6.45) is 2.26. The van der Waals surface area contributed by atoms with Crippen molar-refractivity contribution in [3.63, 3.8) is 0 Å². The number of H-pyrrole nitrogens is 4. The number of para-hydroxylation sites is 3. The van der Waals surface area contributed by atoms with E-state index in [1.807, 2.05) is 25.1 Å². The minimum absolute atomic E-state index is 0.00631. The van der Waals surface area contributed by atoms with Crippen LogP contribution < -0.4 is 97.0 Å². The zero-order valence-electron chi connectivity index (χ0n) is 81.8. The summed E-state index contributed by atoms with van der Waals surface area (Å²) in [5.74, 6) is -19.3. The lowest BCUT2D eigenvalue weighted by atomic mass is 9.97. The first-order valence-corrected chi connectivity index (χ1v) is 47.6. The number of hydrogen-bond acceptors (Lipinski definition) is 23. The Morgan fingerprint density at radius 1 is 0.459 bits per heavy atom. The number of likely N-dealkylation sites (tertiary alicyclic amines) is 1. The number of nitrogens with one attached hydrogen (secondary N) is 21. The van der Waals surface area contributed by atoms with E-state index < -0.39 is 222 Å². The van der Waals surface area contributed by atoms with Crippen molar-refractivity contribution in [2.45, 2.75) is 236 Å². The van der Waals surface area contributed by atoms with Crippen molar-refractivity contribution in [3.05, 3.63) is 156 Å². The Morgan fingerprint density at radius 3 is 1.25 bits per heavy atom. The van der Waals surface area contributed by atoms with Gasteiger partial charge in [0, 0.05) is 109 Å². The number of carboxylic acids is 2. The maximum atomic E-state index is 15.6. The molecule has 0 spiro atoms. The molecule has 1 aliphatic rings. The van der Waals surface area contributed by atoms with Crippen LogP contribution >= 0.6 is 0 Å². The number of aromatic amines is 4. The highest BCUT2D eigenvalue weighted by molar-refractivity contribution is 6.02. The quantitative estimate of drug-likeness (QED) is 0.0120. The molecule has 8 aromatic rings. The number of guanidine groups is 2. The topological polar surface area (TPSA) is 760 Å². The summed E-state index contributed by atoms with van der Waals surface area (Å²) < 4.78 is 31.7. The van der Waals surface area contributed by atoms with Gasteiger partial charge in [-0.15, -0.1) is 0 Å². The van der Waals surface area contributed by atoms with E-state index in [0.29, 0.717) is 67.8 Å². The first kappa shape index (κ1) is 115. The van der Waals surface area contributed by atoms with Crippen LogP contribution in [0.4, 0.5) is 13.2 Å². The molecule has 4 aromatic heterocycles. The number of imidazole rings is 1. The summed E-state index contributed by atoms with van der Waals surface area (Å²) >= 11 is 0. The third kappa shape index (κ3) is 34.0. The number of nitrogens with zero attached hydrogens (tertiary/aromatic N) is 2. The van der Waals surface area contributed by atoms with Crippen molar-refractivity contribution in [1.82, 2.24) is 110 Å². The highest BCUT2D eigenvalue weighted by Gasteiger charge is 2.43. The Kier molecular flexibility index (Phi) is 43.7. The van der Waals surface area contributed by atoms with Gasteiger partial charge in [0.2, 0.25) is 82.7 Å². The molecule has 4 aromatic carbocycles. The fourth-order valence-corrected chi connectivity index (χ4v) is 16.0. The molecule has 1 saturated heterocycles. The zero-order valence-corrected chi connectivity index (χ0v) is 81.8. The van der Waals surface area contributed by atoms with Crippen molar-refractivity contribution in [2.75, 3.05) is 32.8 Å². The van der Waals surface area contributed by atoms with Gasteiger partial charge in [0.05, 0.1) is 31.3 Å². The molecular formula is C96H131F3N26O21. The average molecular weight is 2040 g/mol. The molecule has 32 N–H and O–H groups in total. The van der Waals surface area contributed by atoms with E-state index in [-0.39, 0.29) is 114 Å². The van der Waals surface area contributed by atoms with Crippen LogP contribution in [0.15, 0.2) is 128 Å². The number of halogens is 3. The number of amides is 14. The third-order valence-corrected chi connectivity index (χ3v) is 24.8. The number of aromatic nitrogens is 5. The second-order valence-corrected chi connectivity index (χ2v) is 36.0. The van der Waals surface area contributed by atoms with Crippen molar-refractivity contribution in [1.29, 1.82) is 10.8 Å². The Balaban J connectivity index is 0.00000358. The molecule has 47 nitrogen and oxygen atoms in total. The Bertz CT molecular complexity index is 5880. The number of aromatic hydroxyl groups is 1. The predicted octanol–water partition coefficient (Wildman–Crippen LogP) is -1.29. The van der Waals surface area contributed by atoms with Crippen molar-refractivity contribution in [3.8, 4) is 5.75 Å². The van der Waals surface area contributed by atoms with Gasteiger partial charge < -0.3 is 147 Å². The number of carbonyl (C=O) groups excluding carboxylic acids is 14. The number of phenols is 1. The molecule has 146 heavy (non-hydrogen) atoms. The first-order valence-electron chi connectivity index (χ1n) is 47.6. The largest absolute Gasteiger partial charge is 0.508 e. The fourth-order valence-electron chi connectivity index (χ4n) is 16.0. The van der Waals surface area contributed by atoms with Crippen LogP contribution in [0.3, 0.4) is 0 Å². The monoisotopic (exact) mass is 2040 g/mol. The summed E-state index contributed by atoms with van der Waals surface area (Å²) in [5, 5.41) is 106. The van der Waals surface area contributed by atoms with E-state index in [0.717, 1.165) is 4.90 Å². The second-order valence-electron chi connectivity index (χ2n) is 36.0. The number of rotatable bonds is 53. The number of nitrogens with two attached hydrogens (primary N) is 3. The SMILES string of the molecule is CC[C@H](C)[C@H](N)C(=O)N[C@H](C(=O)N[C@@H](Cc1c[nH]c2ccccc12)C(=O)N[C@@H](Cc1c[nH]cn1)C(=O)N[C@@H](CCCNC(=N)N)C(=O)N[C@@H](Cc1c[nH]c2ccccc12)C(=O)N[C@@H](Cc1ccc(O)cc1)C(=O)N[C@@H](C)C(=O)N[C@@H](Cc1c[nH]c2ccccc12)C(=O)N[C@@H](CO)C(=O)N1CCC[C@H]1C(=O)N[C@@H](C)C(=O)N[C@@H](CO)C(=O)N[C@@H](CCCNC(=N)N)C(=O)N[C@H](C(=O)O)[C@@H](C)CC)C(C)C.O=C(O)C(F)(F)F. The predicted molar refractivity (Wildman–Crippen MR) is 527 cm³/mol. The van der Waals surface area contributed by atoms with Crippen LogP contribution in [0.5, 0.6) is 5.75 Å². The van der Waals surface area contributed by atoms with E-state index in [1.165, 1.54) is 50.6 Å². The molecule has 0 unspecified atom stereocenters. The summed E-state index contributed by atoms with van der Waals surface area (Å²) in [7, 11) is 0. The summed E-state index contributed by atoms with van der Waals surface area (Å²) in [6.45, 7) is 10.8. The normalized spacial score (nSPS) is 15.7. The van der Waals surface area contributed by atoms with Crippen molar-refractivity contribution in [2.24, 2.45) is 35.0 Å². The van der Waals surface area contributed by atoms with E-state index >= 15 is 24.0 Å². The number of hydrogen-bond donors (Lipinski definition) is 29. The van der Waals surface area contributed by atoms with Gasteiger partial charge in [0.1, 0.15) is 90.3 Å². The molecule has 0 saturated carbocycles. The number of aliphatic hydroxyl groups is 2. The van der Waals surface area contributed by atoms with Gasteiger partial charge in [0.15, 0.2) is 11.9 Å². The summed E-state index contributed by atoms with van der Waals surface area (Å²) in [5.41, 5.74) is 21.6. The van der Waals surface area contributed by atoms with Crippen LogP contribution in [-0.2, 0) is 109 Å². The first-order chi connectivity index (χ1) is 69.2. The minimum atomic E-state index is -5.08. The summed E-state index contributed by atoms with van der Waals surface area (Å²) in [4.78, 5) is 243. The molecule has 1 aliphatic heterocycles. The van der Waals surface area contributed by atoms with E-state index in [4.69, 9.17) is 37.9 Å². The number of carboxylic acid groups (broad SMARTS) is 2. The molecule has 792 valence electrons. The molecule has 0 aliphatic carbocycles. The lowest BCUT2D eigenvalue weighted by Crippen LogP contribution is -2.61. The zero-order chi connectivity index (χ0) is 108.